The molecule has 0 aliphatic heterocycles. The molecule has 0 saturated carbocycles. The molecule has 0 saturated heterocycles. The first-order valence-electron chi connectivity index (χ1n) is 8.47. The summed E-state index contributed by atoms with van der Waals surface area (Å²) in [5.74, 6) is -1.49. The highest BCUT2D eigenvalue weighted by Gasteiger charge is 2.20. The highest BCUT2D eigenvalue weighted by molar-refractivity contribution is 7.13. The Morgan fingerprint density at radius 2 is 1.90 bits per heavy atom. The van der Waals surface area contributed by atoms with Crippen LogP contribution in [-0.4, -0.2) is 20.6 Å². The van der Waals surface area contributed by atoms with Gasteiger partial charge in [-0.25, -0.2) is 4.68 Å². The van der Waals surface area contributed by atoms with E-state index in [0.29, 0.717) is 11.4 Å². The lowest BCUT2D eigenvalue weighted by atomic mass is 10.2. The fourth-order valence-electron chi connectivity index (χ4n) is 2.78. The number of nitro benzene ring substituents is 1. The maximum absolute atomic E-state index is 13.6. The van der Waals surface area contributed by atoms with Crippen molar-refractivity contribution in [2.24, 2.45) is 0 Å². The minimum absolute atomic E-state index is 0.113. The van der Waals surface area contributed by atoms with Crippen LogP contribution in [0, 0.1) is 15.9 Å². The molecule has 0 radical (unpaired) electrons. The number of nitro groups is 1. The van der Waals surface area contributed by atoms with Gasteiger partial charge >= 0.3 is 5.69 Å². The van der Waals surface area contributed by atoms with Gasteiger partial charge < -0.3 is 5.32 Å². The molecule has 7 nitrogen and oxygen atoms in total. The van der Waals surface area contributed by atoms with E-state index in [-0.39, 0.29) is 11.4 Å². The van der Waals surface area contributed by atoms with Gasteiger partial charge in [0.25, 0.3) is 5.91 Å². The molecule has 2 heterocycles. The van der Waals surface area contributed by atoms with Gasteiger partial charge in [-0.2, -0.15) is 9.49 Å². The second kappa shape index (κ2) is 7.64. The molecular formula is C20H13FN4O3S. The Morgan fingerprint density at radius 1 is 1.10 bits per heavy atom. The third-order valence-corrected chi connectivity index (χ3v) is 5.01. The molecule has 0 atom stereocenters. The Labute approximate surface area is 168 Å². The minimum Gasteiger partial charge on any atom is -0.320 e. The van der Waals surface area contributed by atoms with Gasteiger partial charge in [-0.1, -0.05) is 24.3 Å². The van der Waals surface area contributed by atoms with E-state index in [1.165, 1.54) is 22.1 Å². The maximum Gasteiger partial charge on any atom is 0.306 e. The third kappa shape index (κ3) is 3.76. The van der Waals surface area contributed by atoms with E-state index in [2.05, 4.69) is 10.4 Å². The first-order valence-corrected chi connectivity index (χ1v) is 9.35. The van der Waals surface area contributed by atoms with E-state index in [0.717, 1.165) is 17.0 Å². The van der Waals surface area contributed by atoms with Gasteiger partial charge in [-0.15, -0.1) is 11.3 Å². The molecule has 4 rings (SSSR count). The SMILES string of the molecule is O=C(Nc1ccc(F)c([N+](=O)[O-])c1)c1cc(-c2cccs2)nn1-c1ccccc1. The van der Waals surface area contributed by atoms with Crippen molar-refractivity contribution >= 4 is 28.6 Å². The molecular weight excluding hydrogens is 395 g/mol. The molecule has 0 bridgehead atoms. The molecule has 2 aromatic carbocycles. The molecule has 0 aliphatic rings. The van der Waals surface area contributed by atoms with Crippen molar-refractivity contribution in [3.05, 3.63) is 93.7 Å². The monoisotopic (exact) mass is 408 g/mol. The minimum atomic E-state index is -0.970. The Morgan fingerprint density at radius 3 is 2.59 bits per heavy atom. The van der Waals surface area contributed by atoms with Crippen LogP contribution in [0.4, 0.5) is 15.8 Å². The number of hydrogen-bond acceptors (Lipinski definition) is 5. The van der Waals surface area contributed by atoms with Gasteiger partial charge in [0.2, 0.25) is 5.82 Å². The van der Waals surface area contributed by atoms with E-state index in [9.17, 15) is 19.3 Å². The predicted molar refractivity (Wildman–Crippen MR) is 108 cm³/mol. The Hall–Kier alpha value is -3.85. The first kappa shape index (κ1) is 18.5. The molecule has 2 aromatic heterocycles. The highest BCUT2D eigenvalue weighted by atomic mass is 32.1. The Kier molecular flexibility index (Phi) is 4.88. The largest absolute Gasteiger partial charge is 0.320 e. The van der Waals surface area contributed by atoms with Crippen molar-refractivity contribution < 1.29 is 14.1 Å². The molecule has 29 heavy (non-hydrogen) atoms. The molecule has 9 heteroatoms. The Bertz CT molecular complexity index is 1190. The molecule has 0 aliphatic carbocycles. The summed E-state index contributed by atoms with van der Waals surface area (Å²) in [6.45, 7) is 0. The van der Waals surface area contributed by atoms with Crippen molar-refractivity contribution in [3.63, 3.8) is 0 Å². The van der Waals surface area contributed by atoms with Crippen molar-refractivity contribution in [1.82, 2.24) is 9.78 Å². The summed E-state index contributed by atoms with van der Waals surface area (Å²) < 4.78 is 15.1. The summed E-state index contributed by atoms with van der Waals surface area (Å²) in [5, 5.41) is 20.0. The number of amides is 1. The predicted octanol–water partition coefficient (Wildman–Crippen LogP) is 4.90. The van der Waals surface area contributed by atoms with Crippen molar-refractivity contribution in [2.45, 2.75) is 0 Å². The summed E-state index contributed by atoms with van der Waals surface area (Å²) in [4.78, 5) is 23.9. The second-order valence-corrected chi connectivity index (χ2v) is 6.96. The van der Waals surface area contributed by atoms with E-state index < -0.39 is 22.3 Å². The number of nitrogens with one attached hydrogen (secondary N) is 1. The summed E-state index contributed by atoms with van der Waals surface area (Å²) in [7, 11) is 0. The summed E-state index contributed by atoms with van der Waals surface area (Å²) in [5.41, 5.74) is 0.955. The zero-order chi connectivity index (χ0) is 20.4. The number of halogens is 1. The lowest BCUT2D eigenvalue weighted by molar-refractivity contribution is -0.387. The summed E-state index contributed by atoms with van der Waals surface area (Å²) in [6.07, 6.45) is 0. The second-order valence-electron chi connectivity index (χ2n) is 6.02. The van der Waals surface area contributed by atoms with Crippen LogP contribution in [0.25, 0.3) is 16.3 Å². The zero-order valence-corrected chi connectivity index (χ0v) is 15.6. The van der Waals surface area contributed by atoms with Gasteiger partial charge in [0, 0.05) is 11.8 Å². The average Bonchev–Trinajstić information content (AvgIpc) is 3.39. The fourth-order valence-corrected chi connectivity index (χ4v) is 3.46. The van der Waals surface area contributed by atoms with Crippen molar-refractivity contribution in [3.8, 4) is 16.3 Å². The standard InChI is InChI=1S/C20H13FN4O3S/c21-15-9-8-13(11-17(15)25(27)28)22-20(26)18-12-16(19-7-4-10-29-19)23-24(18)14-5-2-1-3-6-14/h1-12H,(H,22,26). The van der Waals surface area contributed by atoms with Crippen molar-refractivity contribution in [2.75, 3.05) is 5.32 Å². The van der Waals surface area contributed by atoms with Crippen LogP contribution in [0.15, 0.2) is 72.1 Å². The number of carbonyl (C=O) groups excluding carboxylic acids is 1. The van der Waals surface area contributed by atoms with E-state index in [1.807, 2.05) is 47.8 Å². The lowest BCUT2D eigenvalue weighted by Gasteiger charge is -2.08. The van der Waals surface area contributed by atoms with Gasteiger partial charge in [0.15, 0.2) is 0 Å². The van der Waals surface area contributed by atoms with Crippen LogP contribution in [0.2, 0.25) is 0 Å². The van der Waals surface area contributed by atoms with Gasteiger partial charge in [-0.3, -0.25) is 14.9 Å². The quantitative estimate of drug-likeness (QED) is 0.376. The van der Waals surface area contributed by atoms with Crippen LogP contribution < -0.4 is 5.32 Å². The number of aromatic nitrogens is 2. The van der Waals surface area contributed by atoms with Crippen LogP contribution in [0.5, 0.6) is 0 Å². The fraction of sp³-hybridized carbons (Fsp3) is 0. The zero-order valence-electron chi connectivity index (χ0n) is 14.8. The van der Waals surface area contributed by atoms with E-state index in [4.69, 9.17) is 0 Å². The number of nitrogens with zero attached hydrogens (tertiary/aromatic N) is 3. The molecule has 4 aromatic rings. The van der Waals surface area contributed by atoms with Gasteiger partial charge in [-0.05, 0) is 41.8 Å². The van der Waals surface area contributed by atoms with Crippen LogP contribution in [0.3, 0.4) is 0 Å². The first-order chi connectivity index (χ1) is 14.0. The average molecular weight is 408 g/mol. The topological polar surface area (TPSA) is 90.1 Å². The van der Waals surface area contributed by atoms with Gasteiger partial charge in [0.05, 0.1) is 15.5 Å². The van der Waals surface area contributed by atoms with Gasteiger partial charge in [0.1, 0.15) is 11.4 Å². The number of rotatable bonds is 5. The highest BCUT2D eigenvalue weighted by Crippen LogP contribution is 2.27. The number of hydrogen-bond donors (Lipinski definition) is 1. The molecule has 1 N–H and O–H groups in total. The van der Waals surface area contributed by atoms with E-state index >= 15 is 0 Å². The Balaban J connectivity index is 1.73. The molecule has 0 fully saturated rings. The summed E-state index contributed by atoms with van der Waals surface area (Å²) >= 11 is 1.49. The molecule has 0 unspecified atom stereocenters. The molecule has 1 amide bonds. The van der Waals surface area contributed by atoms with Crippen LogP contribution in [-0.2, 0) is 0 Å². The number of carbonyl (C=O) groups is 1. The maximum atomic E-state index is 13.6. The van der Waals surface area contributed by atoms with Crippen molar-refractivity contribution in [1.29, 1.82) is 0 Å². The number of benzene rings is 2. The molecule has 0 spiro atoms. The molecule has 144 valence electrons. The lowest BCUT2D eigenvalue weighted by Crippen LogP contribution is -2.17. The summed E-state index contributed by atoms with van der Waals surface area (Å²) in [6, 6.07) is 17.7. The number of para-hydroxylation sites is 1. The number of anilines is 1. The van der Waals surface area contributed by atoms with Crippen LogP contribution >= 0.6 is 11.3 Å². The van der Waals surface area contributed by atoms with Crippen LogP contribution in [0.1, 0.15) is 10.5 Å². The third-order valence-electron chi connectivity index (χ3n) is 4.12. The normalized spacial score (nSPS) is 10.7. The smallest absolute Gasteiger partial charge is 0.306 e. The van der Waals surface area contributed by atoms with E-state index in [1.54, 1.807) is 6.07 Å². The number of thiophene rings is 1.